The first-order chi connectivity index (χ1) is 13.7. The van der Waals surface area contributed by atoms with E-state index in [0.29, 0.717) is 30.3 Å². The number of ether oxygens (including phenoxy) is 1. The first kappa shape index (κ1) is 18.7. The highest BCUT2D eigenvalue weighted by Crippen LogP contribution is 2.31. The highest BCUT2D eigenvalue weighted by atomic mass is 32.1. The number of hydrogen-bond donors (Lipinski definition) is 1. The van der Waals surface area contributed by atoms with Crippen LogP contribution in [0.25, 0.3) is 10.2 Å². The van der Waals surface area contributed by atoms with E-state index >= 15 is 0 Å². The van der Waals surface area contributed by atoms with Crippen molar-refractivity contribution < 1.29 is 13.9 Å². The molecule has 1 aliphatic rings. The van der Waals surface area contributed by atoms with Crippen molar-refractivity contribution in [2.24, 2.45) is 0 Å². The second-order valence-electron chi connectivity index (χ2n) is 6.84. The van der Waals surface area contributed by atoms with Crippen LogP contribution in [-0.2, 0) is 6.42 Å². The summed E-state index contributed by atoms with van der Waals surface area (Å²) in [5, 5.41) is 3.48. The number of aromatic nitrogens is 1. The number of urea groups is 1. The fourth-order valence-electron chi connectivity index (χ4n) is 3.33. The normalized spacial score (nSPS) is 15.0. The minimum Gasteiger partial charge on any atom is -0.467 e. The lowest BCUT2D eigenvalue weighted by atomic mass is 10.1. The smallest absolute Gasteiger partial charge is 0.317 e. The lowest BCUT2D eigenvalue weighted by Gasteiger charge is -2.31. The van der Waals surface area contributed by atoms with Gasteiger partial charge in [0.1, 0.15) is 17.4 Å². The largest absolute Gasteiger partial charge is 0.467 e. The summed E-state index contributed by atoms with van der Waals surface area (Å²) in [5.74, 6) is -0.328. The second kappa shape index (κ2) is 8.56. The van der Waals surface area contributed by atoms with E-state index in [-0.39, 0.29) is 18.0 Å². The minimum absolute atomic E-state index is 0.00278. The molecule has 0 unspecified atom stereocenters. The van der Waals surface area contributed by atoms with E-state index in [1.807, 2.05) is 29.2 Å². The molecular weight excluding hydrogens is 377 g/mol. The Labute approximate surface area is 167 Å². The maximum Gasteiger partial charge on any atom is 0.317 e. The van der Waals surface area contributed by atoms with Gasteiger partial charge in [-0.3, -0.25) is 0 Å². The van der Waals surface area contributed by atoms with E-state index in [4.69, 9.17) is 4.74 Å². The molecule has 3 aromatic rings. The van der Waals surface area contributed by atoms with E-state index in [9.17, 15) is 9.18 Å². The van der Waals surface area contributed by atoms with E-state index < -0.39 is 0 Å². The van der Waals surface area contributed by atoms with Gasteiger partial charge in [0.25, 0.3) is 5.19 Å². The number of halogens is 1. The predicted molar refractivity (Wildman–Crippen MR) is 108 cm³/mol. The molecule has 0 radical (unpaired) electrons. The van der Waals surface area contributed by atoms with Crippen molar-refractivity contribution in [2.75, 3.05) is 19.6 Å². The van der Waals surface area contributed by atoms with Crippen molar-refractivity contribution in [1.29, 1.82) is 0 Å². The molecule has 146 valence electrons. The third-order valence-corrected chi connectivity index (χ3v) is 5.79. The van der Waals surface area contributed by atoms with Gasteiger partial charge in [0.05, 0.1) is 4.70 Å². The summed E-state index contributed by atoms with van der Waals surface area (Å²) in [6, 6.07) is 15.0. The van der Waals surface area contributed by atoms with Crippen LogP contribution in [0.2, 0.25) is 0 Å². The Balaban J connectivity index is 1.23. The maximum absolute atomic E-state index is 13.8. The summed E-state index contributed by atoms with van der Waals surface area (Å²) >= 11 is 1.35. The molecule has 0 bridgehead atoms. The molecule has 1 N–H and O–H groups in total. The fraction of sp³-hybridized carbons (Fsp3) is 0.333. The van der Waals surface area contributed by atoms with E-state index in [1.54, 1.807) is 6.07 Å². The molecule has 28 heavy (non-hydrogen) atoms. The second-order valence-corrected chi connectivity index (χ2v) is 7.83. The minimum atomic E-state index is -0.328. The Bertz CT molecular complexity index is 939. The third-order valence-electron chi connectivity index (χ3n) is 4.88. The van der Waals surface area contributed by atoms with Gasteiger partial charge in [-0.1, -0.05) is 47.7 Å². The molecule has 2 aromatic carbocycles. The van der Waals surface area contributed by atoms with Crippen molar-refractivity contribution in [2.45, 2.75) is 25.4 Å². The van der Waals surface area contributed by atoms with E-state index in [1.165, 1.54) is 23.0 Å². The van der Waals surface area contributed by atoms with Crippen molar-refractivity contribution in [3.63, 3.8) is 0 Å². The van der Waals surface area contributed by atoms with Crippen LogP contribution in [0, 0.1) is 5.82 Å². The van der Waals surface area contributed by atoms with Gasteiger partial charge in [0.15, 0.2) is 0 Å². The van der Waals surface area contributed by atoms with Crippen molar-refractivity contribution >= 4 is 27.6 Å². The number of hydrogen-bond acceptors (Lipinski definition) is 4. The van der Waals surface area contributed by atoms with Crippen LogP contribution in [0.4, 0.5) is 9.18 Å². The maximum atomic E-state index is 13.8. The molecule has 5 nitrogen and oxygen atoms in total. The Kier molecular flexibility index (Phi) is 5.71. The summed E-state index contributed by atoms with van der Waals surface area (Å²) < 4.78 is 20.5. The molecule has 7 heteroatoms. The lowest BCUT2D eigenvalue weighted by molar-refractivity contribution is 0.111. The number of fused-ring (bicyclic) bond motifs is 1. The SMILES string of the molecule is O=C(NCCc1ccccc1)N1CCC(Oc2nc3c(F)cccc3s2)CC1. The first-order valence-corrected chi connectivity index (χ1v) is 10.3. The molecular formula is C21H22FN3O2S. The summed E-state index contributed by atoms with van der Waals surface area (Å²) in [6.45, 7) is 1.90. The van der Waals surface area contributed by atoms with Crippen molar-refractivity contribution in [1.82, 2.24) is 15.2 Å². The molecule has 1 aromatic heterocycles. The quantitative estimate of drug-likeness (QED) is 0.699. The summed E-state index contributed by atoms with van der Waals surface area (Å²) in [7, 11) is 0. The van der Waals surface area contributed by atoms with Gasteiger partial charge in [0.2, 0.25) is 0 Å². The monoisotopic (exact) mass is 399 g/mol. The predicted octanol–water partition coefficient (Wildman–Crippen LogP) is 4.23. The number of thiazole rings is 1. The van der Waals surface area contributed by atoms with Crippen molar-refractivity contribution in [3.8, 4) is 5.19 Å². The zero-order valence-electron chi connectivity index (χ0n) is 15.4. The van der Waals surface area contributed by atoms with Crippen LogP contribution in [-0.4, -0.2) is 41.7 Å². The third kappa shape index (κ3) is 4.42. The number of likely N-dealkylation sites (tertiary alicyclic amines) is 1. The van der Waals surface area contributed by atoms with Gasteiger partial charge in [-0.25, -0.2) is 9.18 Å². The zero-order chi connectivity index (χ0) is 19.3. The van der Waals surface area contributed by atoms with Crippen molar-refractivity contribution in [3.05, 3.63) is 59.9 Å². The summed E-state index contributed by atoms with van der Waals surface area (Å²) in [6.07, 6.45) is 2.30. The number of carbonyl (C=O) groups excluding carboxylic acids is 1. The summed E-state index contributed by atoms with van der Waals surface area (Å²) in [5.41, 5.74) is 1.57. The standard InChI is InChI=1S/C21H22FN3O2S/c22-17-7-4-8-18-19(17)24-21(28-18)27-16-10-13-25(14-11-16)20(26)23-12-9-15-5-2-1-3-6-15/h1-8,16H,9-14H2,(H,23,26). The number of carbonyl (C=O) groups is 1. The van der Waals surface area contributed by atoms with Gasteiger partial charge in [0, 0.05) is 32.5 Å². The average Bonchev–Trinajstić information content (AvgIpc) is 3.13. The number of nitrogens with one attached hydrogen (secondary N) is 1. The number of piperidine rings is 1. The van der Waals surface area contributed by atoms with Gasteiger partial charge < -0.3 is 15.0 Å². The number of benzene rings is 2. The van der Waals surface area contributed by atoms with Gasteiger partial charge >= 0.3 is 6.03 Å². The van der Waals surface area contributed by atoms with Crippen LogP contribution in [0.1, 0.15) is 18.4 Å². The number of para-hydroxylation sites is 1. The Morgan fingerprint density at radius 1 is 1.18 bits per heavy atom. The molecule has 0 spiro atoms. The molecule has 2 amide bonds. The molecule has 2 heterocycles. The molecule has 0 saturated carbocycles. The topological polar surface area (TPSA) is 54.5 Å². The molecule has 0 aliphatic carbocycles. The highest BCUT2D eigenvalue weighted by molar-refractivity contribution is 7.20. The zero-order valence-corrected chi connectivity index (χ0v) is 16.3. The number of rotatable bonds is 5. The Morgan fingerprint density at radius 2 is 1.96 bits per heavy atom. The average molecular weight is 399 g/mol. The molecule has 4 rings (SSSR count). The molecule has 0 atom stereocenters. The fourth-order valence-corrected chi connectivity index (χ4v) is 4.23. The molecule has 1 aliphatic heterocycles. The number of nitrogens with zero attached hydrogens (tertiary/aromatic N) is 2. The lowest BCUT2D eigenvalue weighted by Crippen LogP contribution is -2.46. The number of amides is 2. The van der Waals surface area contributed by atoms with Crippen LogP contribution in [0.3, 0.4) is 0 Å². The van der Waals surface area contributed by atoms with Crippen LogP contribution >= 0.6 is 11.3 Å². The summed E-state index contributed by atoms with van der Waals surface area (Å²) in [4.78, 5) is 18.4. The van der Waals surface area contributed by atoms with Gasteiger partial charge in [-0.15, -0.1) is 0 Å². The first-order valence-electron chi connectivity index (χ1n) is 9.47. The Morgan fingerprint density at radius 3 is 2.71 bits per heavy atom. The Hall–Kier alpha value is -2.67. The molecule has 1 fully saturated rings. The van der Waals surface area contributed by atoms with E-state index in [0.717, 1.165) is 24.0 Å². The van der Waals surface area contributed by atoms with Crippen LogP contribution in [0.15, 0.2) is 48.5 Å². The van der Waals surface area contributed by atoms with Crippen LogP contribution in [0.5, 0.6) is 5.19 Å². The van der Waals surface area contributed by atoms with Gasteiger partial charge in [-0.05, 0) is 24.1 Å². The van der Waals surface area contributed by atoms with Gasteiger partial charge in [-0.2, -0.15) is 4.98 Å². The van der Waals surface area contributed by atoms with Crippen LogP contribution < -0.4 is 10.1 Å². The molecule has 1 saturated heterocycles. The van der Waals surface area contributed by atoms with E-state index in [2.05, 4.69) is 22.4 Å². The highest BCUT2D eigenvalue weighted by Gasteiger charge is 2.24.